The standard InChI is InChI=1S/C20H20BrN3O5S2/c1-12-8-13(2-3-14(12)24-6-7-28-9-16(24)25)22-18(26)20(10-30-11-20)23-19(27)29-17-5-4-15(21)31-17/h2-5,8H,6-7,9-11H2,1H3,(H,22,26)(H,23,27). The van der Waals surface area contributed by atoms with E-state index < -0.39 is 11.6 Å². The predicted molar refractivity (Wildman–Crippen MR) is 124 cm³/mol. The first kappa shape index (κ1) is 22.1. The number of carbonyl (C=O) groups is 3. The van der Waals surface area contributed by atoms with Crippen LogP contribution in [-0.4, -0.2) is 54.7 Å². The molecule has 0 aliphatic carbocycles. The van der Waals surface area contributed by atoms with Gasteiger partial charge in [-0.3, -0.25) is 9.59 Å². The van der Waals surface area contributed by atoms with Crippen LogP contribution in [0.15, 0.2) is 34.1 Å². The Bertz CT molecular complexity index is 1020. The number of thiophene rings is 1. The maximum Gasteiger partial charge on any atom is 0.414 e. The minimum atomic E-state index is -1.02. The summed E-state index contributed by atoms with van der Waals surface area (Å²) < 4.78 is 11.3. The highest BCUT2D eigenvalue weighted by atomic mass is 79.9. The fraction of sp³-hybridized carbons (Fsp3) is 0.350. The van der Waals surface area contributed by atoms with E-state index in [1.54, 1.807) is 34.9 Å². The molecule has 0 unspecified atom stereocenters. The Kier molecular flexibility index (Phi) is 6.56. The van der Waals surface area contributed by atoms with Crippen LogP contribution in [-0.2, 0) is 14.3 Å². The molecular weight excluding hydrogens is 506 g/mol. The number of nitrogens with one attached hydrogen (secondary N) is 2. The van der Waals surface area contributed by atoms with Crippen molar-refractivity contribution in [3.05, 3.63) is 39.7 Å². The largest absolute Gasteiger partial charge is 0.414 e. The second kappa shape index (κ2) is 9.19. The van der Waals surface area contributed by atoms with Gasteiger partial charge in [-0.15, -0.1) is 0 Å². The Morgan fingerprint density at radius 2 is 2.06 bits per heavy atom. The normalized spacial score (nSPS) is 17.6. The molecule has 0 spiro atoms. The highest BCUT2D eigenvalue weighted by Gasteiger charge is 2.47. The molecule has 3 heterocycles. The van der Waals surface area contributed by atoms with Crippen molar-refractivity contribution in [2.75, 3.05) is 41.5 Å². The lowest BCUT2D eigenvalue weighted by Gasteiger charge is -2.39. The van der Waals surface area contributed by atoms with Gasteiger partial charge in [0.1, 0.15) is 12.1 Å². The van der Waals surface area contributed by atoms with E-state index in [9.17, 15) is 14.4 Å². The number of carbonyl (C=O) groups excluding carboxylic acids is 3. The van der Waals surface area contributed by atoms with E-state index in [4.69, 9.17) is 9.47 Å². The summed E-state index contributed by atoms with van der Waals surface area (Å²) in [7, 11) is 0. The lowest BCUT2D eigenvalue weighted by molar-refractivity contribution is -0.125. The van der Waals surface area contributed by atoms with E-state index in [0.29, 0.717) is 35.4 Å². The molecule has 11 heteroatoms. The van der Waals surface area contributed by atoms with E-state index in [-0.39, 0.29) is 18.4 Å². The number of anilines is 2. The van der Waals surface area contributed by atoms with Crippen LogP contribution in [0.5, 0.6) is 5.06 Å². The molecule has 8 nitrogen and oxygen atoms in total. The molecule has 0 saturated carbocycles. The van der Waals surface area contributed by atoms with Gasteiger partial charge in [0.25, 0.3) is 11.8 Å². The molecule has 164 valence electrons. The molecule has 2 fully saturated rings. The van der Waals surface area contributed by atoms with Crippen molar-refractivity contribution in [3.8, 4) is 5.06 Å². The first-order valence-corrected chi connectivity index (χ1v) is 12.3. The third kappa shape index (κ3) is 4.89. The van der Waals surface area contributed by atoms with Crippen LogP contribution in [0.4, 0.5) is 16.2 Å². The molecule has 31 heavy (non-hydrogen) atoms. The van der Waals surface area contributed by atoms with E-state index >= 15 is 0 Å². The molecule has 0 radical (unpaired) electrons. The van der Waals surface area contributed by atoms with Gasteiger partial charge in [0.2, 0.25) is 0 Å². The van der Waals surface area contributed by atoms with Crippen LogP contribution in [0.2, 0.25) is 0 Å². The predicted octanol–water partition coefficient (Wildman–Crippen LogP) is 3.39. The van der Waals surface area contributed by atoms with E-state index in [0.717, 1.165) is 15.0 Å². The molecule has 0 bridgehead atoms. The molecule has 0 atom stereocenters. The summed E-state index contributed by atoms with van der Waals surface area (Å²) >= 11 is 6.17. The maximum absolute atomic E-state index is 13.0. The highest BCUT2D eigenvalue weighted by Crippen LogP contribution is 2.33. The quantitative estimate of drug-likeness (QED) is 0.620. The Morgan fingerprint density at radius 3 is 2.68 bits per heavy atom. The van der Waals surface area contributed by atoms with Crippen molar-refractivity contribution in [3.63, 3.8) is 0 Å². The fourth-order valence-corrected chi connectivity index (χ4v) is 5.50. The second-order valence-corrected chi connectivity index (χ2v) is 10.6. The average Bonchev–Trinajstić information content (AvgIpc) is 3.10. The molecular formula is C20H20BrN3O5S2. The van der Waals surface area contributed by atoms with Gasteiger partial charge < -0.3 is 25.0 Å². The molecule has 2 N–H and O–H groups in total. The summed E-state index contributed by atoms with van der Waals surface area (Å²) in [6, 6.07) is 8.85. The Hall–Kier alpha value is -2.08. The monoisotopic (exact) mass is 525 g/mol. The van der Waals surface area contributed by atoms with Crippen LogP contribution in [0.3, 0.4) is 0 Å². The van der Waals surface area contributed by atoms with Crippen LogP contribution >= 0.6 is 39.0 Å². The van der Waals surface area contributed by atoms with Crippen molar-refractivity contribution >= 4 is 68.3 Å². The number of hydrogen-bond acceptors (Lipinski definition) is 7. The zero-order chi connectivity index (χ0) is 22.0. The summed E-state index contributed by atoms with van der Waals surface area (Å²) in [6.45, 7) is 2.95. The molecule has 4 rings (SSSR count). The Labute approximate surface area is 195 Å². The molecule has 1 aromatic heterocycles. The van der Waals surface area contributed by atoms with Gasteiger partial charge in [0.05, 0.1) is 10.4 Å². The lowest BCUT2D eigenvalue weighted by atomic mass is 10.0. The molecule has 2 aliphatic heterocycles. The van der Waals surface area contributed by atoms with Crippen LogP contribution in [0, 0.1) is 6.92 Å². The van der Waals surface area contributed by atoms with Crippen molar-refractivity contribution in [2.45, 2.75) is 12.5 Å². The van der Waals surface area contributed by atoms with Crippen LogP contribution in [0.25, 0.3) is 0 Å². The number of aryl methyl sites for hydroxylation is 1. The molecule has 1 aromatic carbocycles. The zero-order valence-corrected chi connectivity index (χ0v) is 19.8. The average molecular weight is 526 g/mol. The number of halogens is 1. The first-order chi connectivity index (χ1) is 14.9. The summed E-state index contributed by atoms with van der Waals surface area (Å²) in [5, 5.41) is 6.05. The Morgan fingerprint density at radius 1 is 1.26 bits per heavy atom. The number of nitrogens with zero attached hydrogens (tertiary/aromatic N) is 1. The summed E-state index contributed by atoms with van der Waals surface area (Å²) in [6.07, 6.45) is -0.665. The van der Waals surface area contributed by atoms with Crippen molar-refractivity contribution < 1.29 is 23.9 Å². The van der Waals surface area contributed by atoms with Gasteiger partial charge in [0, 0.05) is 29.4 Å². The number of ether oxygens (including phenoxy) is 2. The Balaban J connectivity index is 1.42. The van der Waals surface area contributed by atoms with Gasteiger partial charge in [-0.05, 0) is 58.7 Å². The van der Waals surface area contributed by atoms with Crippen molar-refractivity contribution in [1.82, 2.24) is 5.32 Å². The lowest BCUT2D eigenvalue weighted by Crippen LogP contribution is -2.65. The zero-order valence-electron chi connectivity index (χ0n) is 16.6. The van der Waals surface area contributed by atoms with Gasteiger partial charge >= 0.3 is 6.09 Å². The maximum atomic E-state index is 13.0. The van der Waals surface area contributed by atoms with Crippen LogP contribution in [0.1, 0.15) is 5.56 Å². The van der Waals surface area contributed by atoms with E-state index in [1.165, 1.54) is 11.3 Å². The van der Waals surface area contributed by atoms with Crippen LogP contribution < -0.4 is 20.3 Å². The number of amides is 3. The number of benzene rings is 1. The highest BCUT2D eigenvalue weighted by molar-refractivity contribution is 9.11. The van der Waals surface area contributed by atoms with Crippen molar-refractivity contribution in [1.29, 1.82) is 0 Å². The summed E-state index contributed by atoms with van der Waals surface area (Å²) in [5.41, 5.74) is 1.23. The number of rotatable bonds is 5. The second-order valence-electron chi connectivity index (χ2n) is 7.20. The molecule has 2 aliphatic rings. The SMILES string of the molecule is Cc1cc(NC(=O)C2(NC(=O)Oc3ccc(Br)s3)CSC2)ccc1N1CCOCC1=O. The van der Waals surface area contributed by atoms with E-state index in [2.05, 4.69) is 26.6 Å². The third-order valence-corrected chi connectivity index (χ3v) is 7.84. The smallest absolute Gasteiger partial charge is 0.399 e. The van der Waals surface area contributed by atoms with Crippen molar-refractivity contribution in [2.24, 2.45) is 0 Å². The molecule has 3 amide bonds. The number of morpholine rings is 1. The summed E-state index contributed by atoms with van der Waals surface area (Å²) in [5.74, 6) is 0.533. The fourth-order valence-electron chi connectivity index (χ4n) is 3.29. The van der Waals surface area contributed by atoms with Gasteiger partial charge in [-0.1, -0.05) is 11.3 Å². The topological polar surface area (TPSA) is 97.0 Å². The summed E-state index contributed by atoms with van der Waals surface area (Å²) in [4.78, 5) is 39.1. The third-order valence-electron chi connectivity index (χ3n) is 4.95. The molecule has 2 saturated heterocycles. The molecule has 2 aromatic rings. The number of thioether (sulfide) groups is 1. The minimum absolute atomic E-state index is 0.0717. The van der Waals surface area contributed by atoms with E-state index in [1.807, 2.05) is 19.1 Å². The van der Waals surface area contributed by atoms with Gasteiger partial charge in [-0.25, -0.2) is 4.79 Å². The minimum Gasteiger partial charge on any atom is -0.399 e. The number of hydrogen-bond donors (Lipinski definition) is 2. The first-order valence-electron chi connectivity index (χ1n) is 9.50. The van der Waals surface area contributed by atoms with Gasteiger partial charge in [-0.2, -0.15) is 11.8 Å². The van der Waals surface area contributed by atoms with Gasteiger partial charge in [0.15, 0.2) is 5.06 Å².